The molecule has 2 N–H and O–H groups in total. The molecule has 1 aliphatic rings. The molecule has 0 spiro atoms. The molecule has 174 valence electrons. The van der Waals surface area contributed by atoms with E-state index in [9.17, 15) is 28.9 Å². The Labute approximate surface area is 190 Å². The molecule has 33 heavy (non-hydrogen) atoms. The first kappa shape index (κ1) is 23.8. The van der Waals surface area contributed by atoms with Crippen LogP contribution >= 0.6 is 0 Å². The maximum atomic E-state index is 13.6. The summed E-state index contributed by atoms with van der Waals surface area (Å²) in [5.41, 5.74) is 0.441. The molecule has 0 atom stereocenters. The van der Waals surface area contributed by atoms with Crippen LogP contribution < -0.4 is 10.6 Å². The zero-order chi connectivity index (χ0) is 23.8. The number of hydrogen-bond donors (Lipinski definition) is 2. The van der Waals surface area contributed by atoms with Crippen LogP contribution in [0.2, 0.25) is 0 Å². The van der Waals surface area contributed by atoms with Crippen molar-refractivity contribution in [3.8, 4) is 0 Å². The minimum atomic E-state index is -0.595. The van der Waals surface area contributed by atoms with Gasteiger partial charge >= 0.3 is 0 Å². The van der Waals surface area contributed by atoms with E-state index in [0.717, 1.165) is 6.07 Å². The van der Waals surface area contributed by atoms with Crippen LogP contribution in [0.25, 0.3) is 0 Å². The number of likely N-dealkylation sites (tertiary alicyclic amines) is 1. The fourth-order valence-corrected chi connectivity index (χ4v) is 3.69. The second-order valence-corrected chi connectivity index (χ2v) is 7.78. The monoisotopic (exact) mass is 456 g/mol. The van der Waals surface area contributed by atoms with E-state index < -0.39 is 10.8 Å². The minimum absolute atomic E-state index is 0.0998. The summed E-state index contributed by atoms with van der Waals surface area (Å²) >= 11 is 0. The van der Waals surface area contributed by atoms with Crippen LogP contribution in [0.4, 0.5) is 10.1 Å². The second kappa shape index (κ2) is 11.2. The Hall–Kier alpha value is -3.82. The molecule has 1 saturated heterocycles. The topological polar surface area (TPSA) is 122 Å². The Balaban J connectivity index is 1.39. The molecule has 0 saturated carbocycles. The largest absolute Gasteiger partial charge is 0.356 e. The van der Waals surface area contributed by atoms with Gasteiger partial charge in [-0.05, 0) is 37.0 Å². The quantitative estimate of drug-likeness (QED) is 0.465. The predicted octanol–water partition coefficient (Wildman–Crippen LogP) is 2.06. The Morgan fingerprint density at radius 2 is 1.79 bits per heavy atom. The van der Waals surface area contributed by atoms with Gasteiger partial charge in [-0.25, -0.2) is 4.39 Å². The van der Waals surface area contributed by atoms with Crippen molar-refractivity contribution < 1.29 is 23.7 Å². The summed E-state index contributed by atoms with van der Waals surface area (Å²) in [5, 5.41) is 16.1. The average Bonchev–Trinajstić information content (AvgIpc) is 2.83. The molecule has 0 unspecified atom stereocenters. The lowest BCUT2D eigenvalue weighted by molar-refractivity contribution is -0.384. The fourth-order valence-electron chi connectivity index (χ4n) is 3.69. The number of nitro benzene ring substituents is 1. The number of rotatable bonds is 8. The molecular formula is C23H25FN4O5. The Morgan fingerprint density at radius 3 is 2.48 bits per heavy atom. The van der Waals surface area contributed by atoms with Crippen molar-refractivity contribution in [1.29, 1.82) is 0 Å². The number of benzene rings is 2. The average molecular weight is 456 g/mol. The van der Waals surface area contributed by atoms with Crippen LogP contribution in [0.15, 0.2) is 48.5 Å². The first-order valence-corrected chi connectivity index (χ1v) is 10.7. The molecule has 2 aromatic rings. The lowest BCUT2D eigenvalue weighted by atomic mass is 9.95. The highest BCUT2D eigenvalue weighted by Gasteiger charge is 2.27. The lowest BCUT2D eigenvalue weighted by Gasteiger charge is -2.31. The Kier molecular flexibility index (Phi) is 8.06. The summed E-state index contributed by atoms with van der Waals surface area (Å²) < 4.78 is 13.6. The Bertz CT molecular complexity index is 1040. The van der Waals surface area contributed by atoms with Crippen LogP contribution in [0.5, 0.6) is 0 Å². The Morgan fingerprint density at radius 1 is 1.06 bits per heavy atom. The number of carbonyl (C=O) groups excluding carboxylic acids is 3. The summed E-state index contributed by atoms with van der Waals surface area (Å²) in [4.78, 5) is 48.8. The van der Waals surface area contributed by atoms with E-state index in [4.69, 9.17) is 0 Å². The van der Waals surface area contributed by atoms with E-state index in [2.05, 4.69) is 10.6 Å². The number of nitrogens with zero attached hydrogens (tertiary/aromatic N) is 2. The van der Waals surface area contributed by atoms with Gasteiger partial charge in [0.05, 0.1) is 11.5 Å². The normalized spacial score (nSPS) is 13.9. The number of non-ortho nitro benzene ring substituents is 1. The first-order chi connectivity index (χ1) is 15.8. The van der Waals surface area contributed by atoms with Gasteiger partial charge in [-0.1, -0.05) is 24.3 Å². The van der Waals surface area contributed by atoms with Gasteiger partial charge in [0.2, 0.25) is 11.8 Å². The van der Waals surface area contributed by atoms with Gasteiger partial charge < -0.3 is 15.5 Å². The van der Waals surface area contributed by atoms with Crippen molar-refractivity contribution in [3.05, 3.63) is 75.6 Å². The van der Waals surface area contributed by atoms with Gasteiger partial charge in [0.1, 0.15) is 5.82 Å². The zero-order valence-electron chi connectivity index (χ0n) is 18.0. The summed E-state index contributed by atoms with van der Waals surface area (Å²) in [6.07, 6.45) is 1.40. The van der Waals surface area contributed by atoms with E-state index in [1.807, 2.05) is 0 Å². The molecule has 0 aliphatic carbocycles. The van der Waals surface area contributed by atoms with E-state index in [1.165, 1.54) is 24.3 Å². The van der Waals surface area contributed by atoms with Crippen LogP contribution in [0, 0.1) is 21.8 Å². The zero-order valence-corrected chi connectivity index (χ0v) is 18.0. The third-order valence-corrected chi connectivity index (χ3v) is 5.59. The minimum Gasteiger partial charge on any atom is -0.356 e. The number of carbonyl (C=O) groups is 3. The molecule has 3 rings (SSSR count). The molecule has 10 heteroatoms. The van der Waals surface area contributed by atoms with Crippen molar-refractivity contribution >= 4 is 23.4 Å². The smallest absolute Gasteiger partial charge is 0.270 e. The van der Waals surface area contributed by atoms with E-state index in [-0.39, 0.29) is 41.3 Å². The van der Waals surface area contributed by atoms with Crippen molar-refractivity contribution in [2.24, 2.45) is 5.92 Å². The van der Waals surface area contributed by atoms with Crippen molar-refractivity contribution in [1.82, 2.24) is 15.5 Å². The van der Waals surface area contributed by atoms with Crippen molar-refractivity contribution in [3.63, 3.8) is 0 Å². The van der Waals surface area contributed by atoms with Crippen LogP contribution in [0.1, 0.15) is 28.8 Å². The van der Waals surface area contributed by atoms with Gasteiger partial charge in [-0.3, -0.25) is 24.5 Å². The summed E-state index contributed by atoms with van der Waals surface area (Å²) in [7, 11) is 0. The van der Waals surface area contributed by atoms with E-state index in [1.54, 1.807) is 23.1 Å². The lowest BCUT2D eigenvalue weighted by Crippen LogP contribution is -2.46. The molecular weight excluding hydrogens is 431 g/mol. The maximum absolute atomic E-state index is 13.6. The molecule has 2 aromatic carbocycles. The third-order valence-electron chi connectivity index (χ3n) is 5.59. The van der Waals surface area contributed by atoms with Gasteiger partial charge in [0.15, 0.2) is 0 Å². The van der Waals surface area contributed by atoms with E-state index >= 15 is 0 Å². The highest BCUT2D eigenvalue weighted by Crippen LogP contribution is 2.18. The molecule has 9 nitrogen and oxygen atoms in total. The van der Waals surface area contributed by atoms with Gasteiger partial charge in [-0.2, -0.15) is 0 Å². The van der Waals surface area contributed by atoms with Crippen LogP contribution in [-0.2, 0) is 16.0 Å². The van der Waals surface area contributed by atoms with Gasteiger partial charge in [0.25, 0.3) is 11.6 Å². The summed E-state index contributed by atoms with van der Waals surface area (Å²) in [6, 6.07) is 11.7. The number of hydrogen-bond acceptors (Lipinski definition) is 5. The molecule has 1 heterocycles. The first-order valence-electron chi connectivity index (χ1n) is 10.7. The molecule has 1 fully saturated rings. The van der Waals surface area contributed by atoms with Gasteiger partial charge in [0, 0.05) is 43.2 Å². The van der Waals surface area contributed by atoms with E-state index in [0.29, 0.717) is 44.5 Å². The fraction of sp³-hybridized carbons (Fsp3) is 0.348. The number of halogens is 1. The number of nitro groups is 1. The summed E-state index contributed by atoms with van der Waals surface area (Å²) in [5.74, 6) is -1.49. The second-order valence-electron chi connectivity index (χ2n) is 7.78. The maximum Gasteiger partial charge on any atom is 0.270 e. The van der Waals surface area contributed by atoms with Crippen LogP contribution in [-0.4, -0.2) is 53.7 Å². The standard InChI is InChI=1S/C23H25FN4O5/c24-20-7-2-1-4-16(20)8-11-25-22(30)17-9-12-27(13-10-17)21(29)15-26-23(31)18-5-3-6-19(14-18)28(32)33/h1-7,14,17H,8-13,15H2,(H,25,30)(H,26,31). The molecule has 0 aromatic heterocycles. The molecule has 1 aliphatic heterocycles. The van der Waals surface area contributed by atoms with Crippen molar-refractivity contribution in [2.75, 3.05) is 26.2 Å². The number of nitrogens with one attached hydrogen (secondary N) is 2. The molecule has 0 bridgehead atoms. The molecule has 3 amide bonds. The third kappa shape index (κ3) is 6.58. The SMILES string of the molecule is O=C(NCC(=O)N1CCC(C(=O)NCCc2ccccc2F)CC1)c1cccc([N+](=O)[O-])c1. The predicted molar refractivity (Wildman–Crippen MR) is 118 cm³/mol. The van der Waals surface area contributed by atoms with Gasteiger partial charge in [-0.15, -0.1) is 0 Å². The highest BCUT2D eigenvalue weighted by molar-refractivity contribution is 5.97. The number of amides is 3. The summed E-state index contributed by atoms with van der Waals surface area (Å²) in [6.45, 7) is 0.872. The highest BCUT2D eigenvalue weighted by atomic mass is 19.1. The number of piperidine rings is 1. The van der Waals surface area contributed by atoms with Crippen LogP contribution in [0.3, 0.4) is 0 Å². The molecule has 0 radical (unpaired) electrons. The van der Waals surface area contributed by atoms with Crippen molar-refractivity contribution in [2.45, 2.75) is 19.3 Å².